The molecule has 0 aliphatic carbocycles. The van der Waals surface area contributed by atoms with Gasteiger partial charge in [-0.1, -0.05) is 54.1 Å². The summed E-state index contributed by atoms with van der Waals surface area (Å²) in [6, 6.07) is 20.6. The Hall–Kier alpha value is -3.18. The predicted molar refractivity (Wildman–Crippen MR) is 114 cm³/mol. The highest BCUT2D eigenvalue weighted by molar-refractivity contribution is 7.10. The van der Waals surface area contributed by atoms with Gasteiger partial charge in [0.25, 0.3) is 11.8 Å². The number of rotatable bonds is 6. The lowest BCUT2D eigenvalue weighted by molar-refractivity contribution is -0.118. The fraction of sp³-hybridized carbons (Fsp3) is 0.130. The van der Waals surface area contributed by atoms with E-state index < -0.39 is 0 Å². The monoisotopic (exact) mass is 390 g/mol. The number of nitrogens with one attached hydrogen (secondary N) is 2. The molecule has 0 saturated heterocycles. The first-order valence-electron chi connectivity index (χ1n) is 9.02. The van der Waals surface area contributed by atoms with Crippen LogP contribution >= 0.6 is 11.3 Å². The fourth-order valence-corrected chi connectivity index (χ4v) is 3.41. The van der Waals surface area contributed by atoms with E-state index in [2.05, 4.69) is 10.6 Å². The topological polar surface area (TPSA) is 58.2 Å². The molecule has 142 valence electrons. The molecule has 0 aliphatic heterocycles. The van der Waals surface area contributed by atoms with Crippen LogP contribution in [0.25, 0.3) is 6.08 Å². The van der Waals surface area contributed by atoms with Gasteiger partial charge in [0.05, 0.1) is 6.04 Å². The molecule has 4 nitrogen and oxygen atoms in total. The molecule has 28 heavy (non-hydrogen) atoms. The van der Waals surface area contributed by atoms with Gasteiger partial charge in [-0.25, -0.2) is 0 Å². The molecule has 5 heteroatoms. The van der Waals surface area contributed by atoms with Crippen molar-refractivity contribution in [2.24, 2.45) is 0 Å². The molecule has 0 radical (unpaired) electrons. The van der Waals surface area contributed by atoms with Gasteiger partial charge in [-0.2, -0.15) is 0 Å². The highest BCUT2D eigenvalue weighted by Gasteiger charge is 2.17. The van der Waals surface area contributed by atoms with Gasteiger partial charge in [0.1, 0.15) is 5.70 Å². The van der Waals surface area contributed by atoms with Crippen molar-refractivity contribution >= 4 is 29.2 Å². The van der Waals surface area contributed by atoms with Crippen molar-refractivity contribution in [3.8, 4) is 0 Å². The largest absolute Gasteiger partial charge is 0.344 e. The summed E-state index contributed by atoms with van der Waals surface area (Å²) in [4.78, 5) is 26.5. The van der Waals surface area contributed by atoms with Crippen molar-refractivity contribution in [3.63, 3.8) is 0 Å². The summed E-state index contributed by atoms with van der Waals surface area (Å²) in [6.45, 7) is 3.84. The van der Waals surface area contributed by atoms with Gasteiger partial charge < -0.3 is 10.6 Å². The number of carbonyl (C=O) groups is 2. The minimum absolute atomic E-state index is 0.184. The first-order valence-corrected chi connectivity index (χ1v) is 9.90. The Morgan fingerprint density at radius 3 is 2.46 bits per heavy atom. The maximum Gasteiger partial charge on any atom is 0.268 e. The van der Waals surface area contributed by atoms with Gasteiger partial charge in [0.15, 0.2) is 0 Å². The number of hydrogen-bond donors (Lipinski definition) is 2. The van der Waals surface area contributed by atoms with Crippen LogP contribution in [0.15, 0.2) is 77.8 Å². The van der Waals surface area contributed by atoms with Crippen molar-refractivity contribution in [3.05, 3.63) is 99.4 Å². The van der Waals surface area contributed by atoms with Crippen molar-refractivity contribution in [1.82, 2.24) is 10.6 Å². The third kappa shape index (κ3) is 5.18. The van der Waals surface area contributed by atoms with Crippen molar-refractivity contribution in [1.29, 1.82) is 0 Å². The lowest BCUT2D eigenvalue weighted by Gasteiger charge is -2.16. The van der Waals surface area contributed by atoms with Crippen LogP contribution in [0, 0.1) is 6.92 Å². The van der Waals surface area contributed by atoms with E-state index in [1.54, 1.807) is 18.2 Å². The maximum absolute atomic E-state index is 12.9. The molecule has 0 spiro atoms. The van der Waals surface area contributed by atoms with Gasteiger partial charge in [-0.05, 0) is 49.1 Å². The van der Waals surface area contributed by atoms with Crippen LogP contribution < -0.4 is 10.6 Å². The SMILES string of the molecule is Cc1cccc(C(=O)N/C(=C\c2cccs2)C(=O)N[C@H](C)c2ccccc2)c1. The summed E-state index contributed by atoms with van der Waals surface area (Å²) < 4.78 is 0. The Balaban J connectivity index is 1.81. The van der Waals surface area contributed by atoms with Gasteiger partial charge in [0.2, 0.25) is 0 Å². The predicted octanol–water partition coefficient (Wildman–Crippen LogP) is 4.70. The molecular formula is C23H22N2O2S. The molecule has 2 aromatic carbocycles. The van der Waals surface area contributed by atoms with Crippen LogP contribution in [0.1, 0.15) is 39.3 Å². The van der Waals surface area contributed by atoms with E-state index in [9.17, 15) is 9.59 Å². The molecule has 0 bridgehead atoms. The van der Waals surface area contributed by atoms with E-state index in [4.69, 9.17) is 0 Å². The van der Waals surface area contributed by atoms with Gasteiger partial charge in [0, 0.05) is 10.4 Å². The molecule has 1 aromatic heterocycles. The van der Waals surface area contributed by atoms with Crippen LogP contribution in [-0.4, -0.2) is 11.8 Å². The third-order valence-corrected chi connectivity index (χ3v) is 5.07. The van der Waals surface area contributed by atoms with E-state index in [1.807, 2.05) is 73.8 Å². The van der Waals surface area contributed by atoms with Gasteiger partial charge in [-0.15, -0.1) is 11.3 Å². The summed E-state index contributed by atoms with van der Waals surface area (Å²) in [5.41, 5.74) is 2.72. The van der Waals surface area contributed by atoms with Crippen LogP contribution in [-0.2, 0) is 4.79 Å². The van der Waals surface area contributed by atoms with Crippen molar-refractivity contribution in [2.45, 2.75) is 19.9 Å². The lowest BCUT2D eigenvalue weighted by Crippen LogP contribution is -2.36. The van der Waals surface area contributed by atoms with Crippen LogP contribution in [0.5, 0.6) is 0 Å². The number of aryl methyl sites for hydroxylation is 1. The number of hydrogen-bond acceptors (Lipinski definition) is 3. The second-order valence-corrected chi connectivity index (χ2v) is 7.48. The zero-order valence-electron chi connectivity index (χ0n) is 15.8. The zero-order chi connectivity index (χ0) is 19.9. The summed E-state index contributed by atoms with van der Waals surface area (Å²) >= 11 is 1.50. The lowest BCUT2D eigenvalue weighted by atomic mass is 10.1. The Morgan fingerprint density at radius 1 is 1.00 bits per heavy atom. The molecule has 2 amide bonds. The standard InChI is InChI=1S/C23H22N2O2S/c1-16-8-6-11-19(14-16)22(26)25-21(15-20-12-7-13-28-20)23(27)24-17(2)18-9-4-3-5-10-18/h3-15,17H,1-2H3,(H,24,27)(H,25,26)/b21-15-/t17-/m1/s1. The molecule has 3 rings (SSSR count). The average Bonchev–Trinajstić information content (AvgIpc) is 3.21. The Bertz CT molecular complexity index is 979. The Kier molecular flexibility index (Phi) is 6.40. The fourth-order valence-electron chi connectivity index (χ4n) is 2.75. The smallest absolute Gasteiger partial charge is 0.268 e. The van der Waals surface area contributed by atoms with E-state index >= 15 is 0 Å². The van der Waals surface area contributed by atoms with Crippen LogP contribution in [0.3, 0.4) is 0 Å². The number of carbonyl (C=O) groups excluding carboxylic acids is 2. The van der Waals surface area contributed by atoms with Gasteiger partial charge in [-0.3, -0.25) is 9.59 Å². The van der Waals surface area contributed by atoms with E-state index in [-0.39, 0.29) is 23.6 Å². The van der Waals surface area contributed by atoms with Crippen molar-refractivity contribution in [2.75, 3.05) is 0 Å². The van der Waals surface area contributed by atoms with E-state index in [1.165, 1.54) is 11.3 Å². The Labute approximate surface area is 168 Å². The number of amides is 2. The zero-order valence-corrected chi connectivity index (χ0v) is 16.6. The minimum atomic E-state index is -0.328. The average molecular weight is 391 g/mol. The summed E-state index contributed by atoms with van der Waals surface area (Å²) in [6.07, 6.45) is 1.70. The highest BCUT2D eigenvalue weighted by atomic mass is 32.1. The minimum Gasteiger partial charge on any atom is -0.344 e. The molecule has 1 atom stereocenters. The Morgan fingerprint density at radius 2 is 1.79 bits per heavy atom. The molecule has 0 saturated carbocycles. The maximum atomic E-state index is 12.9. The molecule has 1 heterocycles. The number of thiophene rings is 1. The number of benzene rings is 2. The van der Waals surface area contributed by atoms with Crippen molar-refractivity contribution < 1.29 is 9.59 Å². The van der Waals surface area contributed by atoms with Crippen LogP contribution in [0.2, 0.25) is 0 Å². The molecule has 0 fully saturated rings. The van der Waals surface area contributed by atoms with Crippen LogP contribution in [0.4, 0.5) is 0 Å². The summed E-state index contributed by atoms with van der Waals surface area (Å²) in [7, 11) is 0. The molecule has 0 aliphatic rings. The molecule has 0 unspecified atom stereocenters. The molecule has 3 aromatic rings. The summed E-state index contributed by atoms with van der Waals surface area (Å²) in [5.74, 6) is -0.639. The third-order valence-electron chi connectivity index (χ3n) is 4.25. The van der Waals surface area contributed by atoms with E-state index in [0.29, 0.717) is 5.56 Å². The quantitative estimate of drug-likeness (QED) is 0.599. The normalized spacial score (nSPS) is 12.3. The van der Waals surface area contributed by atoms with Gasteiger partial charge >= 0.3 is 0 Å². The molecule has 2 N–H and O–H groups in total. The molecular weight excluding hydrogens is 368 g/mol. The summed E-state index contributed by atoms with van der Waals surface area (Å²) in [5, 5.41) is 7.66. The first kappa shape index (κ1) is 19.6. The first-order chi connectivity index (χ1) is 13.5. The van der Waals surface area contributed by atoms with E-state index in [0.717, 1.165) is 16.0 Å². The second-order valence-electron chi connectivity index (χ2n) is 6.50. The highest BCUT2D eigenvalue weighted by Crippen LogP contribution is 2.16. The second kappa shape index (κ2) is 9.15.